The zero-order valence-electron chi connectivity index (χ0n) is 11.6. The first-order valence-corrected chi connectivity index (χ1v) is 6.48. The van der Waals surface area contributed by atoms with Crippen LogP contribution in [0.4, 0.5) is 17.8 Å². The lowest BCUT2D eigenvalue weighted by Crippen LogP contribution is -2.42. The number of nitrogens with one attached hydrogen (secondary N) is 2. The Bertz CT molecular complexity index is 413. The Hall–Kier alpha value is -1.59. The first kappa shape index (κ1) is 12.9. The average Bonchev–Trinajstić information content (AvgIpc) is 2.27. The Morgan fingerprint density at radius 3 is 2.33 bits per heavy atom. The van der Waals surface area contributed by atoms with Crippen molar-refractivity contribution in [2.45, 2.75) is 38.6 Å². The van der Waals surface area contributed by atoms with E-state index in [1.807, 2.05) is 25.9 Å². The molecular weight excluding hydrogens is 228 g/mol. The van der Waals surface area contributed by atoms with Gasteiger partial charge in [0.05, 0.1) is 0 Å². The van der Waals surface area contributed by atoms with E-state index in [4.69, 9.17) is 0 Å². The molecule has 18 heavy (non-hydrogen) atoms. The first-order chi connectivity index (χ1) is 8.52. The van der Waals surface area contributed by atoms with E-state index in [-0.39, 0.29) is 5.54 Å². The summed E-state index contributed by atoms with van der Waals surface area (Å²) in [5, 5.41) is 6.56. The molecule has 0 bridgehead atoms. The van der Waals surface area contributed by atoms with Gasteiger partial charge in [0.1, 0.15) is 0 Å². The number of anilines is 3. The Morgan fingerprint density at radius 2 is 1.83 bits per heavy atom. The molecule has 2 N–H and O–H groups in total. The van der Waals surface area contributed by atoms with E-state index >= 15 is 0 Å². The average molecular weight is 250 g/mol. The van der Waals surface area contributed by atoms with E-state index < -0.39 is 0 Å². The fourth-order valence-electron chi connectivity index (χ4n) is 1.96. The lowest BCUT2D eigenvalue weighted by Gasteiger charge is -2.39. The van der Waals surface area contributed by atoms with Gasteiger partial charge >= 0.3 is 0 Å². The Labute approximate surface area is 108 Å². The second-order valence-corrected chi connectivity index (χ2v) is 5.25. The molecule has 1 aromatic rings. The van der Waals surface area contributed by atoms with E-state index in [9.17, 15) is 0 Å². The van der Waals surface area contributed by atoms with Gasteiger partial charge in [-0.15, -0.1) is 0 Å². The highest BCUT2D eigenvalue weighted by Gasteiger charge is 2.32. The molecule has 1 fully saturated rings. The molecule has 0 radical (unpaired) electrons. The molecular formula is C12H22N6. The first-order valence-electron chi connectivity index (χ1n) is 6.48. The minimum atomic E-state index is 0.147. The summed E-state index contributed by atoms with van der Waals surface area (Å²) in [4.78, 5) is 15.1. The fourth-order valence-corrected chi connectivity index (χ4v) is 1.96. The van der Waals surface area contributed by atoms with Gasteiger partial charge in [0.2, 0.25) is 17.8 Å². The molecule has 0 aliphatic heterocycles. The summed E-state index contributed by atoms with van der Waals surface area (Å²) in [5.41, 5.74) is 0.147. The minimum absolute atomic E-state index is 0.147. The van der Waals surface area contributed by atoms with Crippen molar-refractivity contribution < 1.29 is 0 Å². The van der Waals surface area contributed by atoms with Crippen molar-refractivity contribution in [2.24, 2.45) is 0 Å². The van der Waals surface area contributed by atoms with Crippen molar-refractivity contribution >= 4 is 17.8 Å². The van der Waals surface area contributed by atoms with Gasteiger partial charge in [0, 0.05) is 26.2 Å². The van der Waals surface area contributed by atoms with Crippen molar-refractivity contribution in [3.05, 3.63) is 0 Å². The third-order valence-corrected chi connectivity index (χ3v) is 3.23. The quantitative estimate of drug-likeness (QED) is 0.829. The fraction of sp³-hybridized carbons (Fsp3) is 0.750. The molecule has 100 valence electrons. The van der Waals surface area contributed by atoms with Crippen molar-refractivity contribution in [3.63, 3.8) is 0 Å². The number of hydrogen-bond acceptors (Lipinski definition) is 6. The van der Waals surface area contributed by atoms with E-state index in [0.29, 0.717) is 17.8 Å². The van der Waals surface area contributed by atoms with Crippen molar-refractivity contribution in [2.75, 3.05) is 36.2 Å². The summed E-state index contributed by atoms with van der Waals surface area (Å²) < 4.78 is 0. The van der Waals surface area contributed by atoms with E-state index in [0.717, 1.165) is 6.54 Å². The normalized spacial score (nSPS) is 16.9. The lowest BCUT2D eigenvalue weighted by atomic mass is 9.79. The maximum absolute atomic E-state index is 4.43. The Kier molecular flexibility index (Phi) is 3.54. The molecule has 0 aromatic carbocycles. The van der Waals surface area contributed by atoms with Gasteiger partial charge in [-0.3, -0.25) is 0 Å². The smallest absolute Gasteiger partial charge is 0.231 e. The van der Waals surface area contributed by atoms with Crippen molar-refractivity contribution in [1.82, 2.24) is 15.0 Å². The predicted octanol–water partition coefficient (Wildman–Crippen LogP) is 1.72. The summed E-state index contributed by atoms with van der Waals surface area (Å²) >= 11 is 0. The number of nitrogens with zero attached hydrogens (tertiary/aromatic N) is 4. The molecule has 0 spiro atoms. The van der Waals surface area contributed by atoms with Crippen LogP contribution in [-0.4, -0.2) is 41.1 Å². The molecule has 0 unspecified atom stereocenters. The Balaban J connectivity index is 2.22. The van der Waals surface area contributed by atoms with Gasteiger partial charge < -0.3 is 15.5 Å². The maximum Gasteiger partial charge on any atom is 0.231 e. The van der Waals surface area contributed by atoms with Gasteiger partial charge in [-0.05, 0) is 33.1 Å². The molecule has 2 rings (SSSR count). The molecule has 1 aliphatic rings. The summed E-state index contributed by atoms with van der Waals surface area (Å²) in [7, 11) is 3.86. The topological polar surface area (TPSA) is 66.0 Å². The molecule has 1 aromatic heterocycles. The zero-order valence-corrected chi connectivity index (χ0v) is 11.6. The van der Waals surface area contributed by atoms with Crippen LogP contribution in [0.3, 0.4) is 0 Å². The third kappa shape index (κ3) is 2.80. The van der Waals surface area contributed by atoms with Gasteiger partial charge in [-0.2, -0.15) is 15.0 Å². The highest BCUT2D eigenvalue weighted by molar-refractivity contribution is 5.44. The highest BCUT2D eigenvalue weighted by atomic mass is 15.3. The highest BCUT2D eigenvalue weighted by Crippen LogP contribution is 2.34. The van der Waals surface area contributed by atoms with Crippen molar-refractivity contribution in [3.8, 4) is 0 Å². The second kappa shape index (κ2) is 4.96. The van der Waals surface area contributed by atoms with Crippen LogP contribution in [0.5, 0.6) is 0 Å². The second-order valence-electron chi connectivity index (χ2n) is 5.25. The SMILES string of the molecule is CCNc1nc(NC2(C)CCC2)nc(N(C)C)n1. The summed E-state index contributed by atoms with van der Waals surface area (Å²) in [5.74, 6) is 1.96. The molecule has 0 atom stereocenters. The summed E-state index contributed by atoms with van der Waals surface area (Å²) in [6, 6.07) is 0. The van der Waals surface area contributed by atoms with Crippen molar-refractivity contribution in [1.29, 1.82) is 0 Å². The van der Waals surface area contributed by atoms with Crippen LogP contribution < -0.4 is 15.5 Å². The standard InChI is InChI=1S/C12H22N6/c1-5-13-9-14-10(16-11(15-9)18(3)4)17-12(2)7-6-8-12/h5-8H2,1-4H3,(H2,13,14,15,16,17). The van der Waals surface area contributed by atoms with Crippen LogP contribution in [-0.2, 0) is 0 Å². The molecule has 1 heterocycles. The Morgan fingerprint density at radius 1 is 1.17 bits per heavy atom. The van der Waals surface area contributed by atoms with Gasteiger partial charge in [0.15, 0.2) is 0 Å². The van der Waals surface area contributed by atoms with Gasteiger partial charge in [-0.25, -0.2) is 0 Å². The molecule has 6 nitrogen and oxygen atoms in total. The van der Waals surface area contributed by atoms with Crippen LogP contribution in [0.1, 0.15) is 33.1 Å². The molecule has 0 saturated heterocycles. The largest absolute Gasteiger partial charge is 0.354 e. The molecule has 1 aliphatic carbocycles. The van der Waals surface area contributed by atoms with E-state index in [2.05, 4.69) is 32.5 Å². The molecule has 1 saturated carbocycles. The van der Waals surface area contributed by atoms with Gasteiger partial charge in [-0.1, -0.05) is 0 Å². The number of hydrogen-bond donors (Lipinski definition) is 2. The van der Waals surface area contributed by atoms with Crippen LogP contribution in [0, 0.1) is 0 Å². The van der Waals surface area contributed by atoms with Crippen LogP contribution in [0.2, 0.25) is 0 Å². The van der Waals surface area contributed by atoms with Gasteiger partial charge in [0.25, 0.3) is 0 Å². The maximum atomic E-state index is 4.43. The van der Waals surface area contributed by atoms with Crippen LogP contribution >= 0.6 is 0 Å². The van der Waals surface area contributed by atoms with E-state index in [1.165, 1.54) is 19.3 Å². The summed E-state index contributed by atoms with van der Waals surface area (Å²) in [6.45, 7) is 5.04. The van der Waals surface area contributed by atoms with Crippen LogP contribution in [0.15, 0.2) is 0 Å². The molecule has 0 amide bonds. The van der Waals surface area contributed by atoms with Crippen LogP contribution in [0.25, 0.3) is 0 Å². The monoisotopic (exact) mass is 250 g/mol. The summed E-state index contributed by atoms with van der Waals surface area (Å²) in [6.07, 6.45) is 3.62. The number of rotatable bonds is 5. The number of aromatic nitrogens is 3. The van der Waals surface area contributed by atoms with E-state index in [1.54, 1.807) is 0 Å². The minimum Gasteiger partial charge on any atom is -0.354 e. The zero-order chi connectivity index (χ0) is 13.2. The predicted molar refractivity (Wildman–Crippen MR) is 74.2 cm³/mol. The third-order valence-electron chi connectivity index (χ3n) is 3.23. The lowest BCUT2D eigenvalue weighted by molar-refractivity contribution is 0.304. The molecule has 6 heteroatoms.